The van der Waals surface area contributed by atoms with Crippen molar-refractivity contribution in [3.63, 3.8) is 0 Å². The van der Waals surface area contributed by atoms with Crippen LogP contribution in [0.2, 0.25) is 5.02 Å². The molecule has 6 nitrogen and oxygen atoms in total. The van der Waals surface area contributed by atoms with Gasteiger partial charge in [0.2, 0.25) is 0 Å². The van der Waals surface area contributed by atoms with Gasteiger partial charge in [-0.15, -0.1) is 0 Å². The summed E-state index contributed by atoms with van der Waals surface area (Å²) in [4.78, 5) is 12.5. The Morgan fingerprint density at radius 2 is 1.50 bits per heavy atom. The van der Waals surface area contributed by atoms with Crippen molar-refractivity contribution in [2.24, 2.45) is 0 Å². The van der Waals surface area contributed by atoms with Crippen LogP contribution < -0.4 is 10.0 Å². The van der Waals surface area contributed by atoms with E-state index in [2.05, 4.69) is 10.0 Å². The van der Waals surface area contributed by atoms with Gasteiger partial charge >= 0.3 is 6.03 Å². The molecule has 2 aromatic carbocycles. The third kappa shape index (κ3) is 5.53. The SMILES string of the molecule is Cc1ccc(S(=O)(=O)NC(=O)Nc2c(C(C)C)cc(Cl)cc2C(C)C)cc1C(C)O. The first kappa shape index (κ1) is 24.2. The molecule has 0 bridgehead atoms. The summed E-state index contributed by atoms with van der Waals surface area (Å²) in [5.74, 6) is 0.137. The lowest BCUT2D eigenvalue weighted by molar-refractivity contribution is 0.198. The van der Waals surface area contributed by atoms with E-state index < -0.39 is 22.2 Å². The molecule has 0 heterocycles. The Hall–Kier alpha value is -2.09. The Labute approximate surface area is 183 Å². The Balaban J connectivity index is 2.37. The van der Waals surface area contributed by atoms with Crippen LogP contribution in [0.25, 0.3) is 0 Å². The molecule has 0 fully saturated rings. The molecule has 2 amide bonds. The number of aliphatic hydroxyl groups excluding tert-OH is 1. The zero-order valence-electron chi connectivity index (χ0n) is 18.1. The van der Waals surface area contributed by atoms with Crippen LogP contribution in [0.4, 0.5) is 10.5 Å². The summed E-state index contributed by atoms with van der Waals surface area (Å²) in [6.07, 6.45) is -0.828. The molecule has 0 aliphatic rings. The molecular formula is C22H29ClN2O4S. The average molecular weight is 453 g/mol. The van der Waals surface area contributed by atoms with Gasteiger partial charge in [-0.05, 0) is 72.2 Å². The average Bonchev–Trinajstić information content (AvgIpc) is 2.61. The highest BCUT2D eigenvalue weighted by atomic mass is 35.5. The lowest BCUT2D eigenvalue weighted by atomic mass is 9.92. The van der Waals surface area contributed by atoms with Crippen molar-refractivity contribution < 1.29 is 18.3 Å². The van der Waals surface area contributed by atoms with Gasteiger partial charge in [0.15, 0.2) is 0 Å². The minimum absolute atomic E-state index is 0.0683. The van der Waals surface area contributed by atoms with E-state index in [0.29, 0.717) is 16.3 Å². The monoisotopic (exact) mass is 452 g/mol. The van der Waals surface area contributed by atoms with Gasteiger partial charge in [-0.25, -0.2) is 17.9 Å². The van der Waals surface area contributed by atoms with Crippen LogP contribution >= 0.6 is 11.6 Å². The fourth-order valence-corrected chi connectivity index (χ4v) is 4.44. The number of urea groups is 1. The highest BCUT2D eigenvalue weighted by Crippen LogP contribution is 2.35. The van der Waals surface area contributed by atoms with Gasteiger partial charge in [-0.3, -0.25) is 0 Å². The topological polar surface area (TPSA) is 95.5 Å². The van der Waals surface area contributed by atoms with Gasteiger partial charge in [-0.1, -0.05) is 45.4 Å². The number of aliphatic hydroxyl groups is 1. The highest BCUT2D eigenvalue weighted by Gasteiger charge is 2.22. The standard InChI is InChI=1S/C22H29ClN2O4S/c1-12(2)18-9-16(23)10-19(13(3)4)21(18)24-22(27)25-30(28,29)17-8-7-14(5)20(11-17)15(6)26/h7-13,15,26H,1-6H3,(H2,24,25,27). The van der Waals surface area contributed by atoms with E-state index in [9.17, 15) is 18.3 Å². The van der Waals surface area contributed by atoms with Crippen molar-refractivity contribution in [2.45, 2.75) is 64.4 Å². The predicted molar refractivity (Wildman–Crippen MR) is 121 cm³/mol. The summed E-state index contributed by atoms with van der Waals surface area (Å²) in [7, 11) is -4.13. The van der Waals surface area contributed by atoms with Gasteiger partial charge in [0.25, 0.3) is 10.0 Å². The maximum atomic E-state index is 12.7. The second-order valence-electron chi connectivity index (χ2n) is 8.02. The molecule has 0 spiro atoms. The van der Waals surface area contributed by atoms with Crippen molar-refractivity contribution in [3.05, 3.63) is 57.6 Å². The second-order valence-corrected chi connectivity index (χ2v) is 10.1. The van der Waals surface area contributed by atoms with Gasteiger partial charge in [0.05, 0.1) is 11.0 Å². The smallest absolute Gasteiger partial charge is 0.333 e. The minimum atomic E-state index is -4.13. The van der Waals surface area contributed by atoms with E-state index in [4.69, 9.17) is 11.6 Å². The van der Waals surface area contributed by atoms with Gasteiger partial charge < -0.3 is 10.4 Å². The molecule has 0 radical (unpaired) electrons. The van der Waals surface area contributed by atoms with E-state index in [1.807, 2.05) is 27.7 Å². The number of hydrogen-bond donors (Lipinski definition) is 3. The van der Waals surface area contributed by atoms with E-state index in [-0.39, 0.29) is 16.7 Å². The Kier molecular flexibility index (Phi) is 7.55. The molecular weight excluding hydrogens is 424 g/mol. The molecule has 2 aromatic rings. The quantitative estimate of drug-likeness (QED) is 0.542. The Morgan fingerprint density at radius 3 is 1.97 bits per heavy atom. The number of rotatable bonds is 6. The molecule has 164 valence electrons. The molecule has 1 unspecified atom stereocenters. The van der Waals surface area contributed by atoms with Crippen LogP contribution in [0.3, 0.4) is 0 Å². The lowest BCUT2D eigenvalue weighted by Crippen LogP contribution is -2.35. The summed E-state index contributed by atoms with van der Waals surface area (Å²) >= 11 is 6.24. The van der Waals surface area contributed by atoms with Crippen molar-refractivity contribution in [3.8, 4) is 0 Å². The summed E-state index contributed by atoms with van der Waals surface area (Å²) in [6, 6.07) is 7.06. The first-order chi connectivity index (χ1) is 13.8. The fraction of sp³-hybridized carbons (Fsp3) is 0.409. The van der Waals surface area contributed by atoms with Crippen LogP contribution in [0.1, 0.15) is 74.8 Å². The molecule has 0 aliphatic heterocycles. The molecule has 8 heteroatoms. The molecule has 3 N–H and O–H groups in total. The van der Waals surface area contributed by atoms with Crippen molar-refractivity contribution in [2.75, 3.05) is 5.32 Å². The number of amides is 2. The number of carbonyl (C=O) groups excluding carboxylic acids is 1. The normalized spacial score (nSPS) is 12.9. The third-order valence-electron chi connectivity index (χ3n) is 4.88. The van der Waals surface area contributed by atoms with Crippen LogP contribution in [0, 0.1) is 6.92 Å². The van der Waals surface area contributed by atoms with Crippen molar-refractivity contribution in [1.82, 2.24) is 4.72 Å². The van der Waals surface area contributed by atoms with Crippen LogP contribution in [0.15, 0.2) is 35.2 Å². The molecule has 0 aliphatic carbocycles. The van der Waals surface area contributed by atoms with Crippen molar-refractivity contribution in [1.29, 1.82) is 0 Å². The third-order valence-corrected chi connectivity index (χ3v) is 6.43. The summed E-state index contributed by atoms with van der Waals surface area (Å²) in [5, 5.41) is 13.1. The van der Waals surface area contributed by atoms with E-state index in [0.717, 1.165) is 16.7 Å². The number of anilines is 1. The number of carbonyl (C=O) groups is 1. The Morgan fingerprint density at radius 1 is 0.967 bits per heavy atom. The van der Waals surface area contributed by atoms with E-state index in [1.54, 1.807) is 32.0 Å². The highest BCUT2D eigenvalue weighted by molar-refractivity contribution is 7.90. The Bertz CT molecular complexity index is 1020. The molecule has 0 saturated carbocycles. The second kappa shape index (κ2) is 9.37. The number of halogens is 1. The number of sulfonamides is 1. The maximum Gasteiger partial charge on any atom is 0.333 e. The largest absolute Gasteiger partial charge is 0.389 e. The zero-order chi connectivity index (χ0) is 22.8. The van der Waals surface area contributed by atoms with Crippen molar-refractivity contribution >= 4 is 33.3 Å². The fourth-order valence-electron chi connectivity index (χ4n) is 3.26. The molecule has 1 atom stereocenters. The predicted octanol–water partition coefficient (Wildman–Crippen LogP) is 5.46. The first-order valence-electron chi connectivity index (χ1n) is 9.79. The molecule has 2 rings (SSSR count). The van der Waals surface area contributed by atoms with E-state index >= 15 is 0 Å². The number of aryl methyl sites for hydroxylation is 1. The summed E-state index contributed by atoms with van der Waals surface area (Å²) in [5.41, 5.74) is 3.46. The lowest BCUT2D eigenvalue weighted by Gasteiger charge is -2.21. The minimum Gasteiger partial charge on any atom is -0.389 e. The molecule has 0 aromatic heterocycles. The summed E-state index contributed by atoms with van der Waals surface area (Å²) in [6.45, 7) is 11.2. The number of nitrogens with one attached hydrogen (secondary N) is 2. The van der Waals surface area contributed by atoms with Gasteiger partial charge in [0, 0.05) is 10.7 Å². The van der Waals surface area contributed by atoms with Gasteiger partial charge in [-0.2, -0.15) is 0 Å². The number of hydrogen-bond acceptors (Lipinski definition) is 4. The van der Waals surface area contributed by atoms with E-state index in [1.165, 1.54) is 12.1 Å². The zero-order valence-corrected chi connectivity index (χ0v) is 19.6. The summed E-state index contributed by atoms with van der Waals surface area (Å²) < 4.78 is 27.5. The van der Waals surface area contributed by atoms with Crippen LogP contribution in [0.5, 0.6) is 0 Å². The van der Waals surface area contributed by atoms with Gasteiger partial charge in [0.1, 0.15) is 0 Å². The number of benzene rings is 2. The molecule has 0 saturated heterocycles. The maximum absolute atomic E-state index is 12.7. The molecule has 30 heavy (non-hydrogen) atoms. The van der Waals surface area contributed by atoms with Crippen LogP contribution in [-0.2, 0) is 10.0 Å². The van der Waals surface area contributed by atoms with Crippen LogP contribution in [-0.4, -0.2) is 19.6 Å². The first-order valence-corrected chi connectivity index (χ1v) is 11.6.